The fraction of sp³-hybridized carbons (Fsp3) is 0.148. The van der Waals surface area contributed by atoms with Gasteiger partial charge < -0.3 is 10.6 Å². The predicted molar refractivity (Wildman–Crippen MR) is 135 cm³/mol. The number of carbonyl (C=O) groups is 1. The number of rotatable bonds is 6. The highest BCUT2D eigenvalue weighted by molar-refractivity contribution is 6.06. The summed E-state index contributed by atoms with van der Waals surface area (Å²) in [5.41, 5.74) is 5.35. The average molecular weight is 449 g/mol. The molecule has 7 nitrogen and oxygen atoms in total. The molecule has 3 aromatic heterocycles. The standard InChI is InChI=1S/C27H24N6O/c1-17(20-6-3-7-21-22(27(34)28-2)10-12-30-26(20)21)15-31-25-14-24(32-16-33-25)19-8-9-23-18(13-19)5-4-11-29-23/h3-14,16-17H,15H2,1-2H3,(H,28,34)(H,31,32,33)/t17-/m1/s1. The van der Waals surface area contributed by atoms with E-state index in [1.807, 2.05) is 42.5 Å². The second-order valence-corrected chi connectivity index (χ2v) is 8.16. The van der Waals surface area contributed by atoms with Gasteiger partial charge in [0.1, 0.15) is 12.1 Å². The lowest BCUT2D eigenvalue weighted by Gasteiger charge is -2.16. The van der Waals surface area contributed by atoms with Crippen LogP contribution in [0.25, 0.3) is 33.1 Å². The van der Waals surface area contributed by atoms with E-state index in [0.29, 0.717) is 12.1 Å². The molecule has 0 radical (unpaired) electrons. The van der Waals surface area contributed by atoms with Crippen molar-refractivity contribution in [1.82, 2.24) is 25.3 Å². The number of nitrogens with zero attached hydrogens (tertiary/aromatic N) is 4. The molecule has 3 heterocycles. The quantitative estimate of drug-likeness (QED) is 0.387. The van der Waals surface area contributed by atoms with E-state index in [-0.39, 0.29) is 11.8 Å². The van der Waals surface area contributed by atoms with Crippen LogP contribution >= 0.6 is 0 Å². The van der Waals surface area contributed by atoms with Crippen molar-refractivity contribution in [3.05, 3.63) is 90.5 Å². The van der Waals surface area contributed by atoms with Crippen LogP contribution < -0.4 is 10.6 Å². The molecule has 0 aliphatic heterocycles. The summed E-state index contributed by atoms with van der Waals surface area (Å²) in [6.45, 7) is 2.79. The van der Waals surface area contributed by atoms with Crippen LogP contribution in [0.15, 0.2) is 79.4 Å². The summed E-state index contributed by atoms with van der Waals surface area (Å²) in [5, 5.41) is 8.05. The third-order valence-electron chi connectivity index (χ3n) is 5.96. The minimum Gasteiger partial charge on any atom is -0.369 e. The maximum absolute atomic E-state index is 12.3. The fourth-order valence-corrected chi connectivity index (χ4v) is 4.14. The average Bonchev–Trinajstić information content (AvgIpc) is 2.90. The molecule has 0 spiro atoms. The smallest absolute Gasteiger partial charge is 0.251 e. The van der Waals surface area contributed by atoms with E-state index in [4.69, 9.17) is 0 Å². The van der Waals surface area contributed by atoms with Crippen LogP contribution in [0.2, 0.25) is 0 Å². The molecular formula is C27H24N6O. The molecule has 0 unspecified atom stereocenters. The molecule has 0 bridgehead atoms. The third kappa shape index (κ3) is 4.15. The van der Waals surface area contributed by atoms with Crippen LogP contribution in [0.3, 0.4) is 0 Å². The summed E-state index contributed by atoms with van der Waals surface area (Å²) in [5.74, 6) is 0.775. The Hall–Kier alpha value is -4.39. The van der Waals surface area contributed by atoms with Gasteiger partial charge >= 0.3 is 0 Å². The molecule has 2 aromatic carbocycles. The topological polar surface area (TPSA) is 92.7 Å². The van der Waals surface area contributed by atoms with E-state index < -0.39 is 0 Å². The summed E-state index contributed by atoms with van der Waals surface area (Å²) < 4.78 is 0. The highest BCUT2D eigenvalue weighted by atomic mass is 16.1. The number of pyridine rings is 2. The van der Waals surface area contributed by atoms with E-state index in [2.05, 4.69) is 49.6 Å². The molecule has 2 N–H and O–H groups in total. The van der Waals surface area contributed by atoms with Gasteiger partial charge in [-0.2, -0.15) is 0 Å². The van der Waals surface area contributed by atoms with Crippen molar-refractivity contribution in [2.45, 2.75) is 12.8 Å². The van der Waals surface area contributed by atoms with Crippen molar-refractivity contribution in [2.75, 3.05) is 18.9 Å². The maximum atomic E-state index is 12.3. The zero-order chi connectivity index (χ0) is 23.5. The molecule has 5 rings (SSSR count). The zero-order valence-corrected chi connectivity index (χ0v) is 19.0. The zero-order valence-electron chi connectivity index (χ0n) is 19.0. The Labute approximate surface area is 197 Å². The van der Waals surface area contributed by atoms with Crippen LogP contribution in [-0.2, 0) is 0 Å². The number of hydrogen-bond acceptors (Lipinski definition) is 6. The molecule has 7 heteroatoms. The Bertz CT molecular complexity index is 1500. The largest absolute Gasteiger partial charge is 0.369 e. The van der Waals surface area contributed by atoms with Gasteiger partial charge in [-0.1, -0.05) is 37.3 Å². The lowest BCUT2D eigenvalue weighted by molar-refractivity contribution is 0.0964. The summed E-state index contributed by atoms with van der Waals surface area (Å²) in [6.07, 6.45) is 5.05. The van der Waals surface area contributed by atoms with Gasteiger partial charge in [-0.3, -0.25) is 14.8 Å². The Kier molecular flexibility index (Phi) is 5.82. The first-order chi connectivity index (χ1) is 16.6. The number of para-hydroxylation sites is 1. The molecule has 1 atom stereocenters. The van der Waals surface area contributed by atoms with Crippen molar-refractivity contribution >= 4 is 33.5 Å². The highest BCUT2D eigenvalue weighted by Gasteiger charge is 2.15. The lowest BCUT2D eigenvalue weighted by Crippen LogP contribution is -2.18. The van der Waals surface area contributed by atoms with Crippen molar-refractivity contribution in [1.29, 1.82) is 0 Å². The summed E-state index contributed by atoms with van der Waals surface area (Å²) in [7, 11) is 1.63. The molecule has 0 saturated heterocycles. The van der Waals surface area contributed by atoms with E-state index in [1.54, 1.807) is 31.8 Å². The predicted octanol–water partition coefficient (Wildman–Crippen LogP) is 4.82. The first-order valence-electron chi connectivity index (χ1n) is 11.1. The van der Waals surface area contributed by atoms with Crippen molar-refractivity contribution in [2.24, 2.45) is 0 Å². The van der Waals surface area contributed by atoms with Crippen LogP contribution in [0.1, 0.15) is 28.8 Å². The Morgan fingerprint density at radius 1 is 0.941 bits per heavy atom. The Morgan fingerprint density at radius 3 is 2.74 bits per heavy atom. The second-order valence-electron chi connectivity index (χ2n) is 8.16. The molecule has 0 fully saturated rings. The van der Waals surface area contributed by atoms with E-state index in [9.17, 15) is 4.79 Å². The first-order valence-corrected chi connectivity index (χ1v) is 11.1. The molecule has 5 aromatic rings. The number of aromatic nitrogens is 4. The number of carbonyl (C=O) groups excluding carboxylic acids is 1. The first kappa shape index (κ1) is 21.5. The SMILES string of the molecule is CNC(=O)c1ccnc2c([C@H](C)CNc3cc(-c4ccc5ncccc5c4)ncn3)cccc12. The normalized spacial score (nSPS) is 11.9. The number of hydrogen-bond donors (Lipinski definition) is 2. The number of amides is 1. The van der Waals surface area contributed by atoms with Gasteiger partial charge in [0.05, 0.1) is 22.3 Å². The molecule has 0 saturated carbocycles. The van der Waals surface area contributed by atoms with Crippen LogP contribution in [0.5, 0.6) is 0 Å². The molecule has 0 aliphatic rings. The molecule has 0 aliphatic carbocycles. The van der Waals surface area contributed by atoms with E-state index in [0.717, 1.165) is 44.4 Å². The van der Waals surface area contributed by atoms with Gasteiger partial charge in [0, 0.05) is 54.3 Å². The van der Waals surface area contributed by atoms with Gasteiger partial charge in [-0.25, -0.2) is 9.97 Å². The molecular weight excluding hydrogens is 424 g/mol. The van der Waals surface area contributed by atoms with Gasteiger partial charge in [0.25, 0.3) is 5.91 Å². The monoisotopic (exact) mass is 448 g/mol. The Morgan fingerprint density at radius 2 is 1.85 bits per heavy atom. The molecule has 1 amide bonds. The van der Waals surface area contributed by atoms with Crippen LogP contribution in [0.4, 0.5) is 5.82 Å². The summed E-state index contributed by atoms with van der Waals surface area (Å²) in [6, 6.07) is 19.8. The third-order valence-corrected chi connectivity index (χ3v) is 5.96. The lowest BCUT2D eigenvalue weighted by atomic mass is 9.96. The van der Waals surface area contributed by atoms with Gasteiger partial charge in [0.15, 0.2) is 0 Å². The highest BCUT2D eigenvalue weighted by Crippen LogP contribution is 2.27. The van der Waals surface area contributed by atoms with Gasteiger partial charge in [0.2, 0.25) is 0 Å². The number of anilines is 1. The Balaban J connectivity index is 1.37. The molecule has 168 valence electrons. The van der Waals surface area contributed by atoms with Crippen LogP contribution in [-0.4, -0.2) is 39.4 Å². The molecule has 34 heavy (non-hydrogen) atoms. The van der Waals surface area contributed by atoms with E-state index in [1.165, 1.54) is 0 Å². The fourth-order valence-electron chi connectivity index (χ4n) is 4.14. The number of fused-ring (bicyclic) bond motifs is 2. The number of benzene rings is 2. The van der Waals surface area contributed by atoms with Crippen molar-refractivity contribution in [3.8, 4) is 11.3 Å². The second kappa shape index (κ2) is 9.23. The van der Waals surface area contributed by atoms with Crippen molar-refractivity contribution in [3.63, 3.8) is 0 Å². The summed E-state index contributed by atoms with van der Waals surface area (Å²) >= 11 is 0. The van der Waals surface area contributed by atoms with E-state index >= 15 is 0 Å². The number of nitrogens with one attached hydrogen (secondary N) is 2. The summed E-state index contributed by atoms with van der Waals surface area (Å²) in [4.78, 5) is 30.1. The van der Waals surface area contributed by atoms with Crippen molar-refractivity contribution < 1.29 is 4.79 Å². The maximum Gasteiger partial charge on any atom is 0.251 e. The van der Waals surface area contributed by atoms with Crippen LogP contribution in [0, 0.1) is 0 Å². The minimum absolute atomic E-state index is 0.117. The van der Waals surface area contributed by atoms with Gasteiger partial charge in [-0.05, 0) is 29.8 Å². The van der Waals surface area contributed by atoms with Gasteiger partial charge in [-0.15, -0.1) is 0 Å². The minimum atomic E-state index is -0.117.